The second-order valence-electron chi connectivity index (χ2n) is 2.93. The monoisotopic (exact) mass is 189 g/mol. The van der Waals surface area contributed by atoms with Gasteiger partial charge in [0.15, 0.2) is 0 Å². The first-order chi connectivity index (χ1) is 6.75. The van der Waals surface area contributed by atoms with E-state index in [0.29, 0.717) is 11.1 Å². The molecule has 0 aliphatic carbocycles. The fraction of sp³-hybridized carbons (Fsp3) is 0. The zero-order chi connectivity index (χ0) is 9.97. The summed E-state index contributed by atoms with van der Waals surface area (Å²) in [4.78, 5) is 0. The lowest BCUT2D eigenvalue weighted by atomic mass is 10.1. The van der Waals surface area contributed by atoms with Gasteiger partial charge in [0, 0.05) is 0 Å². The molecule has 0 bridgehead atoms. The minimum Gasteiger partial charge on any atom is -0.207 e. The average Bonchev–Trinajstić information content (AvgIpc) is 2.18. The van der Waals surface area contributed by atoms with Gasteiger partial charge in [0.2, 0.25) is 0 Å². The fourth-order valence-corrected chi connectivity index (χ4v) is 1.26. The number of hydrogen-bond acceptors (Lipinski definition) is 0. The second-order valence-corrected chi connectivity index (χ2v) is 2.93. The normalized spacial score (nSPS) is 10.1. The molecule has 2 heteroatoms. The summed E-state index contributed by atoms with van der Waals surface area (Å²) in [5.41, 5.74) is 1.19. The first-order valence-electron chi connectivity index (χ1n) is 4.19. The van der Waals surface area contributed by atoms with Gasteiger partial charge >= 0.3 is 0 Å². The molecule has 0 unspecified atom stereocenters. The van der Waals surface area contributed by atoms with Crippen molar-refractivity contribution >= 4 is 0 Å². The van der Waals surface area contributed by atoms with Crippen molar-refractivity contribution in [2.75, 3.05) is 0 Å². The van der Waals surface area contributed by atoms with Crippen molar-refractivity contribution < 1.29 is 8.78 Å². The van der Waals surface area contributed by atoms with Gasteiger partial charge in [-0.25, -0.2) is 8.78 Å². The Labute approximate surface area is 80.8 Å². The van der Waals surface area contributed by atoms with E-state index in [1.165, 1.54) is 30.3 Å². The van der Waals surface area contributed by atoms with Crippen molar-refractivity contribution in [2.45, 2.75) is 0 Å². The minimum atomic E-state index is -0.344. The number of hydrogen-bond donors (Lipinski definition) is 0. The molecule has 0 N–H and O–H groups in total. The van der Waals surface area contributed by atoms with Gasteiger partial charge in [-0.2, -0.15) is 0 Å². The lowest BCUT2D eigenvalue weighted by Crippen LogP contribution is -1.81. The first-order valence-corrected chi connectivity index (χ1v) is 4.19. The number of benzene rings is 2. The average molecular weight is 189 g/mol. The summed E-state index contributed by atoms with van der Waals surface area (Å²) in [5, 5.41) is 0. The third-order valence-corrected chi connectivity index (χ3v) is 1.90. The Kier molecular flexibility index (Phi) is 2.27. The molecule has 0 aromatic heterocycles. The molecule has 0 amide bonds. The number of rotatable bonds is 1. The van der Waals surface area contributed by atoms with E-state index in [1.807, 2.05) is 0 Å². The highest BCUT2D eigenvalue weighted by Gasteiger charge is 2.00. The third-order valence-electron chi connectivity index (χ3n) is 1.90. The molecule has 2 aromatic rings. The van der Waals surface area contributed by atoms with Gasteiger partial charge in [-0.05, 0) is 41.5 Å². The Bertz CT molecular complexity index is 406. The van der Waals surface area contributed by atoms with Crippen LogP contribution in [0.1, 0.15) is 0 Å². The molecule has 0 aliphatic rings. The van der Waals surface area contributed by atoms with Crippen LogP contribution in [-0.4, -0.2) is 0 Å². The van der Waals surface area contributed by atoms with Crippen molar-refractivity contribution in [1.82, 2.24) is 0 Å². The smallest absolute Gasteiger partial charge is 0.123 e. The predicted octanol–water partition coefficient (Wildman–Crippen LogP) is 3.43. The largest absolute Gasteiger partial charge is 0.207 e. The lowest BCUT2D eigenvalue weighted by molar-refractivity contribution is 0.626. The Morgan fingerprint density at radius 3 is 2.43 bits per heavy atom. The molecule has 0 fully saturated rings. The molecule has 0 spiro atoms. The highest BCUT2D eigenvalue weighted by Crippen LogP contribution is 2.19. The lowest BCUT2D eigenvalue weighted by Gasteiger charge is -2.00. The van der Waals surface area contributed by atoms with E-state index >= 15 is 0 Å². The predicted molar refractivity (Wildman–Crippen MR) is 50.6 cm³/mol. The van der Waals surface area contributed by atoms with Crippen molar-refractivity contribution in [2.24, 2.45) is 0 Å². The van der Waals surface area contributed by atoms with Crippen molar-refractivity contribution in [3.63, 3.8) is 0 Å². The maximum atomic E-state index is 12.8. The maximum absolute atomic E-state index is 12.8. The topological polar surface area (TPSA) is 0 Å². The van der Waals surface area contributed by atoms with E-state index in [9.17, 15) is 8.78 Å². The van der Waals surface area contributed by atoms with Crippen LogP contribution in [0.5, 0.6) is 0 Å². The van der Waals surface area contributed by atoms with Crippen LogP contribution < -0.4 is 0 Å². The van der Waals surface area contributed by atoms with Crippen LogP contribution in [-0.2, 0) is 0 Å². The Morgan fingerprint density at radius 2 is 1.71 bits per heavy atom. The Hall–Kier alpha value is -1.70. The molecule has 1 radical (unpaired) electrons. The van der Waals surface area contributed by atoms with E-state index in [1.54, 1.807) is 12.1 Å². The standard InChI is InChI=1S/C12H7F2/c13-11-5-1-3-9(7-11)10-4-2-6-12(14)8-10/h1-3,5-8H. The molecule has 69 valence electrons. The highest BCUT2D eigenvalue weighted by atomic mass is 19.1. The SMILES string of the molecule is Fc1cc[c]c(-c2cccc(F)c2)c1. The molecule has 2 rings (SSSR count). The molecular weight excluding hydrogens is 182 g/mol. The summed E-state index contributed by atoms with van der Waals surface area (Å²) in [5.74, 6) is -0.678. The first kappa shape index (κ1) is 8.88. The van der Waals surface area contributed by atoms with Crippen LogP contribution in [0.15, 0.2) is 42.5 Å². The number of halogens is 2. The van der Waals surface area contributed by atoms with Crippen LogP contribution in [0, 0.1) is 17.7 Å². The van der Waals surface area contributed by atoms with Gasteiger partial charge in [-0.3, -0.25) is 0 Å². The molecule has 0 saturated carbocycles. The summed E-state index contributed by atoms with van der Waals surface area (Å²) in [6, 6.07) is 13.0. The second kappa shape index (κ2) is 3.58. The van der Waals surface area contributed by atoms with Crippen molar-refractivity contribution in [3.05, 3.63) is 60.2 Å². The van der Waals surface area contributed by atoms with E-state index < -0.39 is 0 Å². The Morgan fingerprint density at radius 1 is 0.929 bits per heavy atom. The molecule has 0 atom stereocenters. The summed E-state index contributed by atoms with van der Waals surface area (Å²) < 4.78 is 25.7. The van der Waals surface area contributed by atoms with E-state index in [2.05, 4.69) is 6.07 Å². The molecule has 0 heterocycles. The zero-order valence-electron chi connectivity index (χ0n) is 7.30. The third kappa shape index (κ3) is 1.79. The molecular formula is C12H7F2. The van der Waals surface area contributed by atoms with Gasteiger partial charge in [0.25, 0.3) is 0 Å². The van der Waals surface area contributed by atoms with Crippen LogP contribution in [0.2, 0.25) is 0 Å². The molecule has 0 saturated heterocycles. The summed E-state index contributed by atoms with van der Waals surface area (Å²) in [7, 11) is 0. The fourth-order valence-electron chi connectivity index (χ4n) is 1.26. The van der Waals surface area contributed by atoms with E-state index in [0.717, 1.165) is 0 Å². The molecule has 0 nitrogen and oxygen atoms in total. The van der Waals surface area contributed by atoms with E-state index in [4.69, 9.17) is 0 Å². The summed E-state index contributed by atoms with van der Waals surface area (Å²) in [6.07, 6.45) is 0. The quantitative estimate of drug-likeness (QED) is 0.644. The van der Waals surface area contributed by atoms with E-state index in [-0.39, 0.29) is 11.6 Å². The van der Waals surface area contributed by atoms with Crippen LogP contribution >= 0.6 is 0 Å². The van der Waals surface area contributed by atoms with Gasteiger partial charge < -0.3 is 0 Å². The molecule has 14 heavy (non-hydrogen) atoms. The van der Waals surface area contributed by atoms with Gasteiger partial charge in [0.1, 0.15) is 11.6 Å². The van der Waals surface area contributed by atoms with Crippen LogP contribution in [0.25, 0.3) is 11.1 Å². The maximum Gasteiger partial charge on any atom is 0.123 e. The molecule has 2 aromatic carbocycles. The molecule has 0 aliphatic heterocycles. The van der Waals surface area contributed by atoms with Crippen molar-refractivity contribution in [1.29, 1.82) is 0 Å². The van der Waals surface area contributed by atoms with Crippen molar-refractivity contribution in [3.8, 4) is 11.1 Å². The Balaban J connectivity index is 2.49. The zero-order valence-corrected chi connectivity index (χ0v) is 7.30. The van der Waals surface area contributed by atoms with Crippen LogP contribution in [0.4, 0.5) is 8.78 Å². The summed E-state index contributed by atoms with van der Waals surface area (Å²) in [6.45, 7) is 0. The van der Waals surface area contributed by atoms with Gasteiger partial charge in [-0.15, -0.1) is 0 Å². The van der Waals surface area contributed by atoms with Crippen LogP contribution in [0.3, 0.4) is 0 Å². The highest BCUT2D eigenvalue weighted by molar-refractivity contribution is 5.62. The van der Waals surface area contributed by atoms with Gasteiger partial charge in [0.05, 0.1) is 0 Å². The summed E-state index contributed by atoms with van der Waals surface area (Å²) >= 11 is 0. The van der Waals surface area contributed by atoms with Gasteiger partial charge in [-0.1, -0.05) is 18.2 Å². The minimum absolute atomic E-state index is 0.333.